The second kappa shape index (κ2) is 4.89. The number of aromatic nitrogens is 1. The monoisotopic (exact) mass is 249 g/mol. The third kappa shape index (κ3) is 2.39. The molecule has 0 unspecified atom stereocenters. The van der Waals surface area contributed by atoms with Gasteiger partial charge in [0.2, 0.25) is 0 Å². The van der Waals surface area contributed by atoms with Crippen molar-refractivity contribution in [2.45, 2.75) is 11.8 Å². The zero-order chi connectivity index (χ0) is 11.5. The minimum atomic E-state index is 0.529. The summed E-state index contributed by atoms with van der Waals surface area (Å²) >= 11 is 7.53. The molecule has 2 aromatic rings. The van der Waals surface area contributed by atoms with Gasteiger partial charge in [-0.25, -0.2) is 4.98 Å². The molecule has 1 aromatic heterocycles. The predicted molar refractivity (Wildman–Crippen MR) is 71.2 cm³/mol. The summed E-state index contributed by atoms with van der Waals surface area (Å²) in [6.07, 6.45) is 3.89. The maximum Gasteiger partial charge on any atom is 0.129 e. The lowest BCUT2D eigenvalue weighted by molar-refractivity contribution is 1.29. The van der Waals surface area contributed by atoms with Gasteiger partial charge in [0, 0.05) is 16.7 Å². The van der Waals surface area contributed by atoms with E-state index in [1.807, 2.05) is 12.1 Å². The third-order valence-electron chi connectivity index (χ3n) is 2.46. The Bertz CT molecular complexity index is 494. The van der Waals surface area contributed by atoms with Crippen LogP contribution in [0.1, 0.15) is 5.56 Å². The average molecular weight is 250 g/mol. The lowest BCUT2D eigenvalue weighted by Crippen LogP contribution is -1.84. The van der Waals surface area contributed by atoms with Gasteiger partial charge in [0.05, 0.1) is 0 Å². The van der Waals surface area contributed by atoms with E-state index in [1.165, 1.54) is 16.0 Å². The van der Waals surface area contributed by atoms with Crippen LogP contribution in [-0.4, -0.2) is 11.2 Å². The largest absolute Gasteiger partial charge is 0.244 e. The SMILES string of the molecule is CSc1ccc(-c2ccc(Cl)nc2)cc1C. The van der Waals surface area contributed by atoms with Gasteiger partial charge in [-0.1, -0.05) is 23.7 Å². The smallest absolute Gasteiger partial charge is 0.129 e. The molecule has 0 radical (unpaired) electrons. The molecule has 0 fully saturated rings. The van der Waals surface area contributed by atoms with Crippen LogP contribution in [-0.2, 0) is 0 Å². The highest BCUT2D eigenvalue weighted by atomic mass is 35.5. The van der Waals surface area contributed by atoms with E-state index in [-0.39, 0.29) is 0 Å². The molecule has 1 heterocycles. The van der Waals surface area contributed by atoms with E-state index in [9.17, 15) is 0 Å². The third-order valence-corrected chi connectivity index (χ3v) is 3.58. The number of rotatable bonds is 2. The lowest BCUT2D eigenvalue weighted by Gasteiger charge is -2.06. The van der Waals surface area contributed by atoms with E-state index >= 15 is 0 Å². The van der Waals surface area contributed by atoms with Crippen LogP contribution >= 0.6 is 23.4 Å². The Morgan fingerprint density at radius 1 is 1.12 bits per heavy atom. The van der Waals surface area contributed by atoms with Gasteiger partial charge in [-0.05, 0) is 42.5 Å². The van der Waals surface area contributed by atoms with Gasteiger partial charge >= 0.3 is 0 Å². The average Bonchev–Trinajstić information content (AvgIpc) is 2.30. The summed E-state index contributed by atoms with van der Waals surface area (Å²) in [5.41, 5.74) is 3.57. The van der Waals surface area contributed by atoms with Crippen LogP contribution in [0.15, 0.2) is 41.4 Å². The topological polar surface area (TPSA) is 12.9 Å². The molecule has 1 aromatic carbocycles. The highest BCUT2D eigenvalue weighted by Gasteiger charge is 2.01. The molecule has 0 aliphatic heterocycles. The summed E-state index contributed by atoms with van der Waals surface area (Å²) in [6.45, 7) is 2.12. The van der Waals surface area contributed by atoms with Crippen LogP contribution < -0.4 is 0 Å². The van der Waals surface area contributed by atoms with Crippen LogP contribution in [0.25, 0.3) is 11.1 Å². The van der Waals surface area contributed by atoms with E-state index in [0.717, 1.165) is 5.56 Å². The fraction of sp³-hybridized carbons (Fsp3) is 0.154. The molecule has 0 aliphatic carbocycles. The van der Waals surface area contributed by atoms with Crippen LogP contribution in [0.2, 0.25) is 5.15 Å². The van der Waals surface area contributed by atoms with Crippen molar-refractivity contribution in [1.29, 1.82) is 0 Å². The standard InChI is InChI=1S/C13H12ClNS/c1-9-7-10(3-5-12(9)16-2)11-4-6-13(14)15-8-11/h3-8H,1-2H3. The van der Waals surface area contributed by atoms with E-state index in [0.29, 0.717) is 5.15 Å². The van der Waals surface area contributed by atoms with Crippen molar-refractivity contribution in [1.82, 2.24) is 4.98 Å². The number of hydrogen-bond donors (Lipinski definition) is 0. The zero-order valence-electron chi connectivity index (χ0n) is 9.20. The Morgan fingerprint density at radius 2 is 1.88 bits per heavy atom. The zero-order valence-corrected chi connectivity index (χ0v) is 10.8. The first-order valence-electron chi connectivity index (χ1n) is 4.97. The van der Waals surface area contributed by atoms with E-state index in [1.54, 1.807) is 18.0 Å². The molecule has 1 nitrogen and oxygen atoms in total. The summed E-state index contributed by atoms with van der Waals surface area (Å²) in [6, 6.07) is 10.2. The number of hydrogen-bond acceptors (Lipinski definition) is 2. The molecule has 0 bridgehead atoms. The second-order valence-electron chi connectivity index (χ2n) is 3.55. The van der Waals surface area contributed by atoms with Crippen LogP contribution in [0, 0.1) is 6.92 Å². The molecule has 16 heavy (non-hydrogen) atoms. The fourth-order valence-corrected chi connectivity index (χ4v) is 2.30. The maximum absolute atomic E-state index is 5.76. The summed E-state index contributed by atoms with van der Waals surface area (Å²) < 4.78 is 0. The molecule has 0 amide bonds. The van der Waals surface area contributed by atoms with Crippen LogP contribution in [0.5, 0.6) is 0 Å². The maximum atomic E-state index is 5.76. The Hall–Kier alpha value is -0.990. The van der Waals surface area contributed by atoms with Crippen molar-refractivity contribution in [3.05, 3.63) is 47.2 Å². The first-order chi connectivity index (χ1) is 7.70. The first kappa shape index (κ1) is 11.5. The van der Waals surface area contributed by atoms with Crippen molar-refractivity contribution in [3.63, 3.8) is 0 Å². The summed E-state index contributed by atoms with van der Waals surface area (Å²) in [7, 11) is 0. The quantitative estimate of drug-likeness (QED) is 0.577. The number of thioether (sulfide) groups is 1. The van der Waals surface area contributed by atoms with Crippen molar-refractivity contribution >= 4 is 23.4 Å². The normalized spacial score (nSPS) is 10.4. The Balaban J connectivity index is 2.41. The summed E-state index contributed by atoms with van der Waals surface area (Å²) in [5.74, 6) is 0. The molecule has 0 saturated heterocycles. The minimum absolute atomic E-state index is 0.529. The highest BCUT2D eigenvalue weighted by Crippen LogP contribution is 2.26. The van der Waals surface area contributed by atoms with E-state index in [2.05, 4.69) is 36.4 Å². The van der Waals surface area contributed by atoms with Gasteiger partial charge < -0.3 is 0 Å². The van der Waals surface area contributed by atoms with Gasteiger partial charge in [0.25, 0.3) is 0 Å². The van der Waals surface area contributed by atoms with Gasteiger partial charge in [-0.2, -0.15) is 0 Å². The van der Waals surface area contributed by atoms with Crippen molar-refractivity contribution in [2.75, 3.05) is 6.26 Å². The predicted octanol–water partition coefficient (Wildman–Crippen LogP) is 4.43. The number of nitrogens with zero attached hydrogens (tertiary/aromatic N) is 1. The number of halogens is 1. The number of aryl methyl sites for hydroxylation is 1. The molecule has 2 rings (SSSR count). The molecule has 3 heteroatoms. The minimum Gasteiger partial charge on any atom is -0.244 e. The summed E-state index contributed by atoms with van der Waals surface area (Å²) in [5, 5.41) is 0.529. The van der Waals surface area contributed by atoms with Crippen molar-refractivity contribution in [3.8, 4) is 11.1 Å². The fourth-order valence-electron chi connectivity index (χ4n) is 1.60. The first-order valence-corrected chi connectivity index (χ1v) is 6.57. The van der Waals surface area contributed by atoms with Gasteiger partial charge in [-0.15, -0.1) is 11.8 Å². The Labute approximate surface area is 105 Å². The Kier molecular flexibility index (Phi) is 3.52. The molecular formula is C13H12ClNS. The Morgan fingerprint density at radius 3 is 2.44 bits per heavy atom. The molecule has 0 saturated carbocycles. The van der Waals surface area contributed by atoms with E-state index < -0.39 is 0 Å². The lowest BCUT2D eigenvalue weighted by atomic mass is 10.1. The van der Waals surface area contributed by atoms with Crippen LogP contribution in [0.4, 0.5) is 0 Å². The second-order valence-corrected chi connectivity index (χ2v) is 4.79. The van der Waals surface area contributed by atoms with Crippen molar-refractivity contribution < 1.29 is 0 Å². The molecule has 0 aliphatic rings. The molecule has 82 valence electrons. The highest BCUT2D eigenvalue weighted by molar-refractivity contribution is 7.98. The molecule has 0 N–H and O–H groups in total. The van der Waals surface area contributed by atoms with Gasteiger partial charge in [0.1, 0.15) is 5.15 Å². The molecule has 0 spiro atoms. The van der Waals surface area contributed by atoms with Gasteiger partial charge in [0.15, 0.2) is 0 Å². The number of pyridine rings is 1. The molecule has 0 atom stereocenters. The van der Waals surface area contributed by atoms with Crippen molar-refractivity contribution in [2.24, 2.45) is 0 Å². The number of benzene rings is 1. The van der Waals surface area contributed by atoms with Crippen LogP contribution in [0.3, 0.4) is 0 Å². The molecular weight excluding hydrogens is 238 g/mol. The summed E-state index contributed by atoms with van der Waals surface area (Å²) in [4.78, 5) is 5.40. The van der Waals surface area contributed by atoms with Gasteiger partial charge in [-0.3, -0.25) is 0 Å². The van der Waals surface area contributed by atoms with E-state index in [4.69, 9.17) is 11.6 Å².